The molecule has 6 nitrogen and oxygen atoms in total. The van der Waals surface area contributed by atoms with E-state index < -0.39 is 16.8 Å². The standard InChI is InChI=1S/C43H44N6Si2/c1-50(2,46-41(35-23-11-5-12-24-35)44-38-29-17-8-18-30-38)48-43(37-27-15-7-16-28-37)49(40-33-21-10-22-34-40)51(3,4)47-42(36-25-13-6-14-26-36)45-39-31-19-9-20-32-39/h5-34H,1-4H3,(H,44,46)(H,45,47)/b48-43+. The highest BCUT2D eigenvalue weighted by Crippen LogP contribution is 2.28. The van der Waals surface area contributed by atoms with Crippen molar-refractivity contribution in [3.05, 3.63) is 199 Å². The zero-order valence-electron chi connectivity index (χ0n) is 29.6. The van der Waals surface area contributed by atoms with E-state index in [1.165, 1.54) is 0 Å². The molecule has 8 heteroatoms. The maximum atomic E-state index is 5.69. The Morgan fingerprint density at radius 2 is 0.765 bits per heavy atom. The van der Waals surface area contributed by atoms with Crippen LogP contribution in [-0.2, 0) is 0 Å². The summed E-state index contributed by atoms with van der Waals surface area (Å²) >= 11 is 0. The lowest BCUT2D eigenvalue weighted by Gasteiger charge is -2.38. The lowest BCUT2D eigenvalue weighted by molar-refractivity contribution is 1.30. The van der Waals surface area contributed by atoms with E-state index >= 15 is 0 Å². The molecule has 254 valence electrons. The molecule has 6 rings (SSSR count). The van der Waals surface area contributed by atoms with E-state index in [1.807, 2.05) is 66.7 Å². The summed E-state index contributed by atoms with van der Waals surface area (Å²) in [5.74, 6) is 2.48. The zero-order chi connectivity index (χ0) is 35.5. The number of amidine groups is 3. The highest BCUT2D eigenvalue weighted by molar-refractivity contribution is 6.85. The van der Waals surface area contributed by atoms with Crippen LogP contribution in [0, 0.1) is 0 Å². The van der Waals surface area contributed by atoms with Crippen LogP contribution in [0.5, 0.6) is 0 Å². The third-order valence-electron chi connectivity index (χ3n) is 8.12. The average Bonchev–Trinajstić information content (AvgIpc) is 3.16. The highest BCUT2D eigenvalue weighted by atomic mass is 28.4. The van der Waals surface area contributed by atoms with Gasteiger partial charge in [0.2, 0.25) is 0 Å². The van der Waals surface area contributed by atoms with E-state index in [9.17, 15) is 0 Å². The number of hydrogen-bond donors (Lipinski definition) is 2. The number of rotatable bonds is 10. The third kappa shape index (κ3) is 9.45. The van der Waals surface area contributed by atoms with Crippen molar-refractivity contribution in [1.29, 1.82) is 0 Å². The first-order valence-corrected chi connectivity index (χ1v) is 23.0. The first kappa shape index (κ1) is 35.0. The Morgan fingerprint density at radius 1 is 0.412 bits per heavy atom. The van der Waals surface area contributed by atoms with Crippen LogP contribution in [0.4, 0.5) is 17.1 Å². The summed E-state index contributed by atoms with van der Waals surface area (Å²) in [6.07, 6.45) is 0. The maximum Gasteiger partial charge on any atom is 0.301 e. The van der Waals surface area contributed by atoms with Gasteiger partial charge in [-0.2, -0.15) is 0 Å². The lowest BCUT2D eigenvalue weighted by Crippen LogP contribution is -2.53. The van der Waals surface area contributed by atoms with E-state index in [0.29, 0.717) is 0 Å². The van der Waals surface area contributed by atoms with E-state index in [0.717, 1.165) is 51.3 Å². The van der Waals surface area contributed by atoms with Crippen LogP contribution in [0.2, 0.25) is 26.2 Å². The molecule has 0 fully saturated rings. The topological polar surface area (TPSA) is 64.4 Å². The summed E-state index contributed by atoms with van der Waals surface area (Å²) in [5, 5.41) is 7.25. The molecule has 6 aromatic carbocycles. The lowest BCUT2D eigenvalue weighted by atomic mass is 10.2. The fourth-order valence-corrected chi connectivity index (χ4v) is 9.76. The molecule has 0 atom stereocenters. The summed E-state index contributed by atoms with van der Waals surface area (Å²) in [4.78, 5) is 0. The minimum atomic E-state index is -2.80. The Hall–Kier alpha value is -5.84. The molecule has 0 bridgehead atoms. The summed E-state index contributed by atoms with van der Waals surface area (Å²) in [5.41, 5.74) is 6.04. The molecule has 0 saturated carbocycles. The second kappa shape index (κ2) is 16.2. The Bertz CT molecular complexity index is 2070. The quantitative estimate of drug-likeness (QED) is 0.0849. The van der Waals surface area contributed by atoms with Crippen molar-refractivity contribution >= 4 is 51.4 Å². The number of anilines is 3. The van der Waals surface area contributed by atoms with Gasteiger partial charge in [-0.05, 0) is 62.6 Å². The summed E-state index contributed by atoms with van der Waals surface area (Å²) in [6.45, 7) is 8.94. The molecule has 0 heterocycles. The monoisotopic (exact) mass is 700 g/mol. The molecular formula is C43H44N6Si2. The zero-order valence-corrected chi connectivity index (χ0v) is 31.6. The van der Waals surface area contributed by atoms with Crippen LogP contribution in [0.25, 0.3) is 0 Å². The fraction of sp³-hybridized carbons (Fsp3) is 0.0930. The smallest absolute Gasteiger partial charge is 0.301 e. The van der Waals surface area contributed by atoms with E-state index in [-0.39, 0.29) is 0 Å². The molecule has 0 aliphatic carbocycles. The van der Waals surface area contributed by atoms with Crippen LogP contribution in [0.3, 0.4) is 0 Å². The Labute approximate surface area is 304 Å². The van der Waals surface area contributed by atoms with Crippen molar-refractivity contribution in [2.75, 3.05) is 15.2 Å². The van der Waals surface area contributed by atoms with Gasteiger partial charge in [0.05, 0.1) is 0 Å². The molecule has 0 unspecified atom stereocenters. The first-order valence-electron chi connectivity index (χ1n) is 17.2. The van der Waals surface area contributed by atoms with Gasteiger partial charge in [0.1, 0.15) is 17.5 Å². The first-order chi connectivity index (χ1) is 24.8. The molecule has 0 radical (unpaired) electrons. The minimum Gasteiger partial charge on any atom is -0.341 e. The predicted octanol–water partition coefficient (Wildman–Crippen LogP) is 10.5. The number of benzene rings is 6. The van der Waals surface area contributed by atoms with Gasteiger partial charge in [-0.25, -0.2) is 0 Å². The second-order valence-electron chi connectivity index (χ2n) is 13.1. The Morgan fingerprint density at radius 3 is 1.20 bits per heavy atom. The van der Waals surface area contributed by atoms with E-state index in [4.69, 9.17) is 14.0 Å². The SMILES string of the molecule is C[Si](C)(/N=C(/Nc1ccccc1)c1ccccc1)/N=C(\c1ccccc1)N(c1ccccc1)[Si](C)(C)/N=C(/Nc1ccccc1)c1ccccc1. The van der Waals surface area contributed by atoms with Crippen LogP contribution < -0.4 is 15.2 Å². The van der Waals surface area contributed by atoms with Gasteiger partial charge in [0.15, 0.2) is 0 Å². The van der Waals surface area contributed by atoms with Gasteiger partial charge < -0.3 is 15.2 Å². The second-order valence-corrected chi connectivity index (χ2v) is 20.2. The van der Waals surface area contributed by atoms with Crippen LogP contribution in [0.1, 0.15) is 16.7 Å². The maximum absolute atomic E-state index is 5.69. The van der Waals surface area contributed by atoms with Crippen LogP contribution in [0.15, 0.2) is 196 Å². The largest absolute Gasteiger partial charge is 0.341 e. The van der Waals surface area contributed by atoms with Gasteiger partial charge in [0.25, 0.3) is 8.40 Å². The van der Waals surface area contributed by atoms with E-state index in [2.05, 4.69) is 157 Å². The van der Waals surface area contributed by atoms with Crippen molar-refractivity contribution in [2.24, 2.45) is 14.0 Å². The van der Waals surface area contributed by atoms with E-state index in [1.54, 1.807) is 0 Å². The summed E-state index contributed by atoms with van der Waals surface area (Å²) in [7, 11) is -5.56. The fourth-order valence-electron chi connectivity index (χ4n) is 5.82. The molecule has 2 N–H and O–H groups in total. The van der Waals surface area contributed by atoms with Crippen molar-refractivity contribution in [1.82, 2.24) is 0 Å². The molecule has 0 aromatic heterocycles. The van der Waals surface area contributed by atoms with Crippen LogP contribution >= 0.6 is 0 Å². The van der Waals surface area contributed by atoms with Gasteiger partial charge >= 0.3 is 8.40 Å². The predicted molar refractivity (Wildman–Crippen MR) is 223 cm³/mol. The number of para-hydroxylation sites is 3. The Balaban J connectivity index is 1.53. The normalized spacial score (nSPS) is 12.7. The molecule has 0 aliphatic heterocycles. The summed E-state index contributed by atoms with van der Waals surface area (Å²) in [6, 6.07) is 62.0. The third-order valence-corrected chi connectivity index (χ3v) is 12.0. The van der Waals surface area contributed by atoms with Crippen molar-refractivity contribution in [3.8, 4) is 0 Å². The number of nitrogens with one attached hydrogen (secondary N) is 2. The van der Waals surface area contributed by atoms with Crippen molar-refractivity contribution in [2.45, 2.75) is 26.2 Å². The average molecular weight is 701 g/mol. The molecule has 6 aromatic rings. The minimum absolute atomic E-state index is 0.800. The van der Waals surface area contributed by atoms with Crippen molar-refractivity contribution in [3.63, 3.8) is 0 Å². The molecule has 51 heavy (non-hydrogen) atoms. The van der Waals surface area contributed by atoms with Gasteiger partial charge in [-0.3, -0.25) is 14.0 Å². The molecule has 0 saturated heterocycles. The molecule has 0 aliphatic rings. The molecular weight excluding hydrogens is 657 g/mol. The van der Waals surface area contributed by atoms with Crippen molar-refractivity contribution < 1.29 is 0 Å². The summed E-state index contributed by atoms with van der Waals surface area (Å²) < 4.78 is 19.2. The Kier molecular flexibility index (Phi) is 11.2. The van der Waals surface area contributed by atoms with Crippen LogP contribution in [-0.4, -0.2) is 34.3 Å². The number of hydrogen-bond acceptors (Lipinski definition) is 3. The number of nitrogens with zero attached hydrogens (tertiary/aromatic N) is 4. The van der Waals surface area contributed by atoms with Gasteiger partial charge in [0, 0.05) is 33.8 Å². The van der Waals surface area contributed by atoms with Gasteiger partial charge in [-0.15, -0.1) is 0 Å². The highest BCUT2D eigenvalue weighted by Gasteiger charge is 2.37. The van der Waals surface area contributed by atoms with Gasteiger partial charge in [-0.1, -0.05) is 146 Å². The molecule has 0 amide bonds. The molecule has 0 spiro atoms.